The summed E-state index contributed by atoms with van der Waals surface area (Å²) in [6.45, 7) is 0. The fourth-order valence-electron chi connectivity index (χ4n) is 2.25. The summed E-state index contributed by atoms with van der Waals surface area (Å²) in [4.78, 5) is 6.39. The highest BCUT2D eigenvalue weighted by Gasteiger charge is 2.11. The summed E-state index contributed by atoms with van der Waals surface area (Å²) in [6.07, 6.45) is 1.80. The van der Waals surface area contributed by atoms with Gasteiger partial charge < -0.3 is 14.2 Å². The van der Waals surface area contributed by atoms with E-state index in [0.717, 1.165) is 22.6 Å². The van der Waals surface area contributed by atoms with Gasteiger partial charge in [-0.2, -0.15) is 4.98 Å². The van der Waals surface area contributed by atoms with Crippen LogP contribution >= 0.6 is 11.6 Å². The highest BCUT2D eigenvalue weighted by molar-refractivity contribution is 6.50. The van der Waals surface area contributed by atoms with Crippen molar-refractivity contribution in [2.24, 2.45) is 0 Å². The Bertz CT molecular complexity index is 868. The van der Waals surface area contributed by atoms with E-state index in [2.05, 4.69) is 10.1 Å². The zero-order chi connectivity index (χ0) is 17.8. The third-order valence-electron chi connectivity index (χ3n) is 3.68. The first-order valence-corrected chi connectivity index (χ1v) is 8.07. The molecule has 0 aliphatic carbocycles. The van der Waals surface area contributed by atoms with E-state index < -0.39 is 0 Å². The molecule has 0 bridgehead atoms. The van der Waals surface area contributed by atoms with Gasteiger partial charge in [0.25, 0.3) is 5.89 Å². The Balaban J connectivity index is 1.80. The van der Waals surface area contributed by atoms with E-state index in [4.69, 9.17) is 20.9 Å². The number of halogens is 1. The molecule has 0 aliphatic rings. The minimum atomic E-state index is 0.282. The van der Waals surface area contributed by atoms with Gasteiger partial charge in [-0.1, -0.05) is 28.9 Å². The number of benzene rings is 2. The van der Waals surface area contributed by atoms with Crippen molar-refractivity contribution < 1.29 is 9.26 Å². The van der Waals surface area contributed by atoms with Crippen LogP contribution in [0, 0.1) is 0 Å². The van der Waals surface area contributed by atoms with Crippen molar-refractivity contribution >= 4 is 28.4 Å². The fourth-order valence-corrected chi connectivity index (χ4v) is 2.46. The summed E-state index contributed by atoms with van der Waals surface area (Å²) in [5, 5.41) is 4.38. The molecule has 3 rings (SSSR count). The van der Waals surface area contributed by atoms with Gasteiger partial charge in [-0.25, -0.2) is 0 Å². The summed E-state index contributed by atoms with van der Waals surface area (Å²) < 4.78 is 10.4. The zero-order valence-corrected chi connectivity index (χ0v) is 15.0. The minimum Gasteiger partial charge on any atom is -0.497 e. The standard InChI is InChI=1S/C19H18ClN3O2/c1-23(2)15-8-4-13(5-9-15)12-17(20)19-21-18(22-25-19)14-6-10-16(24-3)11-7-14/h4-12H,1-3H3/b17-12-. The molecule has 128 valence electrons. The van der Waals surface area contributed by atoms with Gasteiger partial charge in [0.2, 0.25) is 5.82 Å². The lowest BCUT2D eigenvalue weighted by atomic mass is 10.2. The quantitative estimate of drug-likeness (QED) is 0.672. The van der Waals surface area contributed by atoms with Crippen LogP contribution in [0.5, 0.6) is 5.75 Å². The van der Waals surface area contributed by atoms with E-state index in [1.807, 2.05) is 67.5 Å². The van der Waals surface area contributed by atoms with Crippen LogP contribution in [0.1, 0.15) is 11.5 Å². The number of rotatable bonds is 5. The van der Waals surface area contributed by atoms with E-state index >= 15 is 0 Å². The molecule has 1 aromatic heterocycles. The van der Waals surface area contributed by atoms with Crippen LogP contribution in [0.2, 0.25) is 0 Å². The molecule has 5 nitrogen and oxygen atoms in total. The smallest absolute Gasteiger partial charge is 0.269 e. The van der Waals surface area contributed by atoms with Crippen molar-refractivity contribution in [1.82, 2.24) is 10.1 Å². The summed E-state index contributed by atoms with van der Waals surface area (Å²) in [7, 11) is 5.62. The Morgan fingerprint density at radius 3 is 2.36 bits per heavy atom. The molecule has 0 spiro atoms. The minimum absolute atomic E-state index is 0.282. The molecule has 0 fully saturated rings. The highest BCUT2D eigenvalue weighted by atomic mass is 35.5. The van der Waals surface area contributed by atoms with Crippen molar-refractivity contribution in [3.05, 3.63) is 60.0 Å². The Kier molecular flexibility index (Phi) is 5.05. The predicted molar refractivity (Wildman–Crippen MR) is 101 cm³/mol. The van der Waals surface area contributed by atoms with E-state index in [0.29, 0.717) is 10.9 Å². The molecule has 25 heavy (non-hydrogen) atoms. The lowest BCUT2D eigenvalue weighted by molar-refractivity contribution is 0.410. The largest absolute Gasteiger partial charge is 0.497 e. The molecule has 0 N–H and O–H groups in total. The molecular formula is C19H18ClN3O2. The van der Waals surface area contributed by atoms with Crippen LogP contribution < -0.4 is 9.64 Å². The zero-order valence-electron chi connectivity index (χ0n) is 14.2. The fraction of sp³-hybridized carbons (Fsp3) is 0.158. The Morgan fingerprint density at radius 1 is 1.08 bits per heavy atom. The number of methoxy groups -OCH3 is 1. The second-order valence-corrected chi connectivity index (χ2v) is 6.04. The number of nitrogens with zero attached hydrogens (tertiary/aromatic N) is 3. The highest BCUT2D eigenvalue weighted by Crippen LogP contribution is 2.25. The average molecular weight is 356 g/mol. The van der Waals surface area contributed by atoms with Gasteiger partial charge in [-0.05, 0) is 48.0 Å². The van der Waals surface area contributed by atoms with E-state index in [1.165, 1.54) is 0 Å². The molecule has 6 heteroatoms. The van der Waals surface area contributed by atoms with Gasteiger partial charge in [-0.15, -0.1) is 0 Å². The van der Waals surface area contributed by atoms with Gasteiger partial charge in [0.15, 0.2) is 0 Å². The second kappa shape index (κ2) is 7.40. The predicted octanol–water partition coefficient (Wildman–Crippen LogP) is 4.55. The monoisotopic (exact) mass is 355 g/mol. The van der Waals surface area contributed by atoms with E-state index in [-0.39, 0.29) is 5.89 Å². The molecular weight excluding hydrogens is 338 g/mol. The number of hydrogen-bond acceptors (Lipinski definition) is 5. The normalized spacial score (nSPS) is 11.4. The number of anilines is 1. The molecule has 0 saturated carbocycles. The molecule has 0 unspecified atom stereocenters. The summed E-state index contributed by atoms with van der Waals surface area (Å²) in [5.41, 5.74) is 2.91. The van der Waals surface area contributed by atoms with Crippen LogP contribution in [0.25, 0.3) is 22.5 Å². The number of ether oxygens (including phenoxy) is 1. The van der Waals surface area contributed by atoms with Crippen LogP contribution in [-0.4, -0.2) is 31.3 Å². The van der Waals surface area contributed by atoms with Gasteiger partial charge in [0, 0.05) is 25.3 Å². The SMILES string of the molecule is COc1ccc(-c2noc(/C(Cl)=C/c3ccc(N(C)C)cc3)n2)cc1. The number of aromatic nitrogens is 2. The number of hydrogen-bond donors (Lipinski definition) is 0. The lowest BCUT2D eigenvalue weighted by Crippen LogP contribution is -2.07. The van der Waals surface area contributed by atoms with Crippen molar-refractivity contribution in [1.29, 1.82) is 0 Å². The maximum Gasteiger partial charge on any atom is 0.269 e. The maximum atomic E-state index is 6.33. The van der Waals surface area contributed by atoms with Crippen molar-refractivity contribution in [3.63, 3.8) is 0 Å². The first-order valence-electron chi connectivity index (χ1n) is 7.70. The molecule has 0 amide bonds. The molecule has 3 aromatic rings. The molecule has 1 heterocycles. The van der Waals surface area contributed by atoms with Crippen molar-refractivity contribution in [2.45, 2.75) is 0 Å². The molecule has 0 aliphatic heterocycles. The summed E-state index contributed by atoms with van der Waals surface area (Å²) in [5.74, 6) is 1.53. The molecule has 0 saturated heterocycles. The lowest BCUT2D eigenvalue weighted by Gasteiger charge is -2.11. The first kappa shape index (κ1) is 17.0. The maximum absolute atomic E-state index is 6.33. The van der Waals surface area contributed by atoms with Crippen LogP contribution in [-0.2, 0) is 0 Å². The third-order valence-corrected chi connectivity index (χ3v) is 3.95. The molecule has 0 atom stereocenters. The molecule has 2 aromatic carbocycles. The topological polar surface area (TPSA) is 51.4 Å². The van der Waals surface area contributed by atoms with Gasteiger partial charge >= 0.3 is 0 Å². The van der Waals surface area contributed by atoms with Gasteiger partial charge in [-0.3, -0.25) is 0 Å². The van der Waals surface area contributed by atoms with Crippen LogP contribution in [0.4, 0.5) is 5.69 Å². The van der Waals surface area contributed by atoms with Crippen LogP contribution in [0.3, 0.4) is 0 Å². The Labute approximate surface area is 151 Å². The van der Waals surface area contributed by atoms with E-state index in [9.17, 15) is 0 Å². The van der Waals surface area contributed by atoms with Gasteiger partial charge in [0.1, 0.15) is 10.8 Å². The summed E-state index contributed by atoms with van der Waals surface area (Å²) >= 11 is 6.33. The third kappa shape index (κ3) is 4.00. The van der Waals surface area contributed by atoms with Crippen molar-refractivity contribution in [3.8, 4) is 17.1 Å². The first-order chi connectivity index (χ1) is 12.1. The summed E-state index contributed by atoms with van der Waals surface area (Å²) in [6, 6.07) is 15.4. The van der Waals surface area contributed by atoms with Crippen LogP contribution in [0.15, 0.2) is 53.1 Å². The Morgan fingerprint density at radius 2 is 1.76 bits per heavy atom. The van der Waals surface area contributed by atoms with Gasteiger partial charge in [0.05, 0.1) is 7.11 Å². The van der Waals surface area contributed by atoms with Crippen molar-refractivity contribution in [2.75, 3.05) is 26.1 Å². The van der Waals surface area contributed by atoms with E-state index in [1.54, 1.807) is 13.2 Å². The second-order valence-electron chi connectivity index (χ2n) is 5.63. The Hall–Kier alpha value is -2.79. The average Bonchev–Trinajstić information content (AvgIpc) is 3.12. The molecule has 0 radical (unpaired) electrons.